The van der Waals surface area contributed by atoms with Crippen LogP contribution in [0.5, 0.6) is 0 Å². The smallest absolute Gasteiger partial charge is 0.0364 e. The highest BCUT2D eigenvalue weighted by molar-refractivity contribution is 5.94. The monoisotopic (exact) mass is 325 g/mol. The van der Waals surface area contributed by atoms with Gasteiger partial charge in [-0.25, -0.2) is 0 Å². The van der Waals surface area contributed by atoms with Gasteiger partial charge in [-0.1, -0.05) is 68.4 Å². The molecule has 1 atom stereocenters. The Labute approximate surface area is 149 Å². The molecule has 124 valence electrons. The molecular weight excluding hydrogens is 302 g/mol. The van der Waals surface area contributed by atoms with Crippen LogP contribution in [0.15, 0.2) is 60.7 Å². The molecule has 0 bridgehead atoms. The molecule has 2 aliphatic carbocycles. The standard InChI is InChI=1S/C24H23N/c1-3-25(4-2)15-16-12-13-21-22(14-16)20-11-7-10-19-17-8-5-6-9-18(17)24(21)23(19)20/h5-14,24H,3-4,15H2,1-2H3. The summed E-state index contributed by atoms with van der Waals surface area (Å²) in [5.41, 5.74) is 11.6. The zero-order chi connectivity index (χ0) is 17.0. The van der Waals surface area contributed by atoms with Gasteiger partial charge < -0.3 is 0 Å². The van der Waals surface area contributed by atoms with E-state index in [9.17, 15) is 0 Å². The largest absolute Gasteiger partial charge is 0.300 e. The molecule has 25 heavy (non-hydrogen) atoms. The summed E-state index contributed by atoms with van der Waals surface area (Å²) in [6.07, 6.45) is 0. The zero-order valence-electron chi connectivity index (χ0n) is 14.9. The van der Waals surface area contributed by atoms with Crippen LogP contribution in [0.3, 0.4) is 0 Å². The molecule has 1 unspecified atom stereocenters. The second-order valence-corrected chi connectivity index (χ2v) is 7.17. The minimum atomic E-state index is 0.430. The SMILES string of the molecule is CCN(CC)Cc1ccc2c(c1)-c1cccc3c1C2c1ccccc1-3. The first-order valence-corrected chi connectivity index (χ1v) is 9.39. The highest BCUT2D eigenvalue weighted by Gasteiger charge is 2.38. The first-order chi connectivity index (χ1) is 12.3. The summed E-state index contributed by atoms with van der Waals surface area (Å²) < 4.78 is 0. The maximum absolute atomic E-state index is 2.48. The third-order valence-corrected chi connectivity index (χ3v) is 5.98. The van der Waals surface area contributed by atoms with Crippen LogP contribution >= 0.6 is 0 Å². The van der Waals surface area contributed by atoms with Gasteiger partial charge in [-0.05, 0) is 63.7 Å². The van der Waals surface area contributed by atoms with Gasteiger partial charge in [-0.15, -0.1) is 0 Å². The van der Waals surface area contributed by atoms with E-state index in [1.54, 1.807) is 0 Å². The minimum absolute atomic E-state index is 0.430. The lowest BCUT2D eigenvalue weighted by molar-refractivity contribution is 0.296. The van der Waals surface area contributed by atoms with Crippen LogP contribution in [0.25, 0.3) is 22.3 Å². The zero-order valence-corrected chi connectivity index (χ0v) is 14.9. The van der Waals surface area contributed by atoms with E-state index in [2.05, 4.69) is 79.4 Å². The van der Waals surface area contributed by atoms with E-state index >= 15 is 0 Å². The van der Waals surface area contributed by atoms with Gasteiger partial charge in [0.25, 0.3) is 0 Å². The normalized spacial score (nSPS) is 16.0. The van der Waals surface area contributed by atoms with Crippen molar-refractivity contribution in [3.05, 3.63) is 82.9 Å². The van der Waals surface area contributed by atoms with Gasteiger partial charge in [0.2, 0.25) is 0 Å². The van der Waals surface area contributed by atoms with Gasteiger partial charge in [0.15, 0.2) is 0 Å². The Morgan fingerprint density at radius 3 is 2.20 bits per heavy atom. The second kappa shape index (κ2) is 5.57. The molecule has 0 N–H and O–H groups in total. The molecule has 0 aromatic heterocycles. The molecule has 0 saturated carbocycles. The molecule has 0 spiro atoms. The summed E-state index contributed by atoms with van der Waals surface area (Å²) >= 11 is 0. The topological polar surface area (TPSA) is 3.24 Å². The Bertz CT molecular complexity index is 966. The van der Waals surface area contributed by atoms with E-state index in [0.29, 0.717) is 5.92 Å². The van der Waals surface area contributed by atoms with E-state index in [1.807, 2.05) is 0 Å². The van der Waals surface area contributed by atoms with Crippen LogP contribution in [0.2, 0.25) is 0 Å². The molecule has 3 aromatic carbocycles. The van der Waals surface area contributed by atoms with Crippen molar-refractivity contribution in [2.24, 2.45) is 0 Å². The number of nitrogens with zero attached hydrogens (tertiary/aromatic N) is 1. The number of fused-ring (bicyclic) bond motifs is 6. The van der Waals surface area contributed by atoms with Gasteiger partial charge in [0, 0.05) is 12.5 Å². The predicted octanol–water partition coefficient (Wildman–Crippen LogP) is 5.67. The molecule has 0 aliphatic heterocycles. The van der Waals surface area contributed by atoms with Gasteiger partial charge in [-0.3, -0.25) is 4.90 Å². The Hall–Kier alpha value is -2.38. The van der Waals surface area contributed by atoms with Crippen molar-refractivity contribution >= 4 is 0 Å². The molecule has 0 radical (unpaired) electrons. The summed E-state index contributed by atoms with van der Waals surface area (Å²) in [6, 6.07) is 22.9. The van der Waals surface area contributed by atoms with Crippen molar-refractivity contribution in [1.29, 1.82) is 0 Å². The number of benzene rings is 3. The molecular formula is C24H23N. The van der Waals surface area contributed by atoms with Gasteiger partial charge in [0.1, 0.15) is 0 Å². The van der Waals surface area contributed by atoms with Crippen LogP contribution < -0.4 is 0 Å². The molecule has 1 heteroatoms. The summed E-state index contributed by atoms with van der Waals surface area (Å²) in [4.78, 5) is 2.48. The Morgan fingerprint density at radius 2 is 1.40 bits per heavy atom. The fourth-order valence-electron chi connectivity index (χ4n) is 4.71. The summed E-state index contributed by atoms with van der Waals surface area (Å²) in [5, 5.41) is 0. The quantitative estimate of drug-likeness (QED) is 0.411. The number of hydrogen-bond donors (Lipinski definition) is 0. The molecule has 2 aliphatic rings. The lowest BCUT2D eigenvalue weighted by atomic mass is 9.92. The third-order valence-electron chi connectivity index (χ3n) is 5.98. The molecule has 0 saturated heterocycles. The molecule has 0 amide bonds. The van der Waals surface area contributed by atoms with E-state index in [-0.39, 0.29) is 0 Å². The van der Waals surface area contributed by atoms with E-state index in [4.69, 9.17) is 0 Å². The fourth-order valence-corrected chi connectivity index (χ4v) is 4.71. The van der Waals surface area contributed by atoms with Gasteiger partial charge in [-0.2, -0.15) is 0 Å². The van der Waals surface area contributed by atoms with E-state index < -0.39 is 0 Å². The maximum Gasteiger partial charge on any atom is 0.0364 e. The summed E-state index contributed by atoms with van der Waals surface area (Å²) in [7, 11) is 0. The van der Waals surface area contributed by atoms with Crippen molar-refractivity contribution in [3.8, 4) is 22.3 Å². The van der Waals surface area contributed by atoms with Crippen LogP contribution in [0.4, 0.5) is 0 Å². The minimum Gasteiger partial charge on any atom is -0.300 e. The van der Waals surface area contributed by atoms with Gasteiger partial charge in [0.05, 0.1) is 0 Å². The highest BCUT2D eigenvalue weighted by Crippen LogP contribution is 2.57. The molecule has 5 rings (SSSR count). The van der Waals surface area contributed by atoms with Crippen LogP contribution in [-0.2, 0) is 6.54 Å². The average Bonchev–Trinajstić information content (AvgIpc) is 3.17. The summed E-state index contributed by atoms with van der Waals surface area (Å²) in [5.74, 6) is 0.430. The van der Waals surface area contributed by atoms with Crippen molar-refractivity contribution in [2.45, 2.75) is 26.3 Å². The predicted molar refractivity (Wildman–Crippen MR) is 105 cm³/mol. The fraction of sp³-hybridized carbons (Fsp3) is 0.250. The third kappa shape index (κ3) is 2.06. The van der Waals surface area contributed by atoms with Crippen molar-refractivity contribution in [2.75, 3.05) is 13.1 Å². The van der Waals surface area contributed by atoms with Gasteiger partial charge >= 0.3 is 0 Å². The first-order valence-electron chi connectivity index (χ1n) is 9.39. The molecule has 0 heterocycles. The van der Waals surface area contributed by atoms with Crippen LogP contribution in [-0.4, -0.2) is 18.0 Å². The van der Waals surface area contributed by atoms with E-state index in [1.165, 1.54) is 44.5 Å². The first kappa shape index (κ1) is 14.9. The lowest BCUT2D eigenvalue weighted by Crippen LogP contribution is -2.22. The Morgan fingerprint density at radius 1 is 0.720 bits per heavy atom. The Kier molecular flexibility index (Phi) is 3.33. The van der Waals surface area contributed by atoms with Crippen molar-refractivity contribution in [1.82, 2.24) is 4.90 Å². The Balaban J connectivity index is 1.67. The molecule has 3 aromatic rings. The van der Waals surface area contributed by atoms with Crippen LogP contribution in [0.1, 0.15) is 42.0 Å². The maximum atomic E-state index is 2.48. The van der Waals surface area contributed by atoms with Crippen LogP contribution in [0, 0.1) is 0 Å². The molecule has 1 nitrogen and oxygen atoms in total. The van der Waals surface area contributed by atoms with Crippen molar-refractivity contribution in [3.63, 3.8) is 0 Å². The molecule has 0 fully saturated rings. The van der Waals surface area contributed by atoms with E-state index in [0.717, 1.165) is 19.6 Å². The summed E-state index contributed by atoms with van der Waals surface area (Å²) in [6.45, 7) is 7.72. The van der Waals surface area contributed by atoms with Crippen molar-refractivity contribution < 1.29 is 0 Å². The highest BCUT2D eigenvalue weighted by atomic mass is 15.1. The second-order valence-electron chi connectivity index (χ2n) is 7.17. The lowest BCUT2D eigenvalue weighted by Gasteiger charge is -2.19. The number of hydrogen-bond acceptors (Lipinski definition) is 1. The number of rotatable bonds is 4. The average molecular weight is 325 g/mol.